The molecule has 132 valence electrons. The molecule has 7 heteroatoms. The van der Waals surface area contributed by atoms with Crippen LogP contribution in [0.15, 0.2) is 24.3 Å². The van der Waals surface area contributed by atoms with E-state index in [1.165, 1.54) is 4.31 Å². The molecule has 0 saturated carbocycles. The van der Waals surface area contributed by atoms with Gasteiger partial charge in [0.15, 0.2) is 0 Å². The second-order valence-electron chi connectivity index (χ2n) is 6.40. The number of nitrogens with zero attached hydrogens (tertiary/aromatic N) is 2. The molecule has 1 amide bonds. The lowest BCUT2D eigenvalue weighted by Crippen LogP contribution is -2.43. The Morgan fingerprint density at radius 1 is 1.25 bits per heavy atom. The summed E-state index contributed by atoms with van der Waals surface area (Å²) in [7, 11) is -1.59. The maximum absolute atomic E-state index is 12.6. The third-order valence-corrected chi connectivity index (χ3v) is 6.76. The number of ether oxygens (including phenoxy) is 1. The van der Waals surface area contributed by atoms with E-state index in [2.05, 4.69) is 0 Å². The van der Waals surface area contributed by atoms with Gasteiger partial charge in [0.05, 0.1) is 19.4 Å². The zero-order valence-corrected chi connectivity index (χ0v) is 14.8. The van der Waals surface area contributed by atoms with Crippen LogP contribution in [0.3, 0.4) is 0 Å². The zero-order valence-electron chi connectivity index (χ0n) is 14.0. The molecule has 2 saturated heterocycles. The minimum absolute atomic E-state index is 0.0231. The Labute approximate surface area is 143 Å². The standard InChI is InChI=1S/C17H24N2O4S/c1-23-16-8-3-2-6-14(16)12-15-7-4-10-19(15)17(20)13-18-9-5-11-24(18,21)22/h2-3,6,8,15H,4-5,7,9-13H2,1H3/t15-/m1/s1. The van der Waals surface area contributed by atoms with Gasteiger partial charge in [-0.2, -0.15) is 4.31 Å². The molecule has 6 nitrogen and oxygen atoms in total. The highest BCUT2D eigenvalue weighted by atomic mass is 32.2. The molecule has 1 aromatic rings. The van der Waals surface area contributed by atoms with Gasteiger partial charge in [-0.1, -0.05) is 18.2 Å². The number of likely N-dealkylation sites (tertiary alicyclic amines) is 1. The molecule has 1 atom stereocenters. The van der Waals surface area contributed by atoms with E-state index in [-0.39, 0.29) is 24.2 Å². The van der Waals surface area contributed by atoms with Crippen LogP contribution in [0, 0.1) is 0 Å². The van der Waals surface area contributed by atoms with Gasteiger partial charge in [0.1, 0.15) is 5.75 Å². The van der Waals surface area contributed by atoms with Crippen molar-refractivity contribution in [3.63, 3.8) is 0 Å². The van der Waals surface area contributed by atoms with E-state index in [4.69, 9.17) is 4.74 Å². The molecular weight excluding hydrogens is 328 g/mol. The Hall–Kier alpha value is -1.60. The summed E-state index contributed by atoms with van der Waals surface area (Å²) < 4.78 is 30.5. The average Bonchev–Trinajstić information content (AvgIpc) is 3.14. The molecule has 2 aliphatic rings. The number of benzene rings is 1. The first-order chi connectivity index (χ1) is 11.5. The lowest BCUT2D eigenvalue weighted by atomic mass is 10.0. The fourth-order valence-electron chi connectivity index (χ4n) is 3.61. The van der Waals surface area contributed by atoms with Crippen molar-refractivity contribution in [1.29, 1.82) is 0 Å². The fraction of sp³-hybridized carbons (Fsp3) is 0.588. The average molecular weight is 352 g/mol. The quantitative estimate of drug-likeness (QED) is 0.800. The van der Waals surface area contributed by atoms with Gasteiger partial charge >= 0.3 is 0 Å². The van der Waals surface area contributed by atoms with Gasteiger partial charge in [-0.25, -0.2) is 8.42 Å². The highest BCUT2D eigenvalue weighted by Gasteiger charge is 2.34. The highest BCUT2D eigenvalue weighted by molar-refractivity contribution is 7.89. The Morgan fingerprint density at radius 2 is 2.04 bits per heavy atom. The summed E-state index contributed by atoms with van der Waals surface area (Å²) in [5, 5.41) is 0. The summed E-state index contributed by atoms with van der Waals surface area (Å²) in [5.41, 5.74) is 1.08. The van der Waals surface area contributed by atoms with E-state index in [0.717, 1.165) is 30.6 Å². The van der Waals surface area contributed by atoms with Gasteiger partial charge in [-0.15, -0.1) is 0 Å². The van der Waals surface area contributed by atoms with Gasteiger partial charge in [-0.3, -0.25) is 4.79 Å². The van der Waals surface area contributed by atoms with E-state index >= 15 is 0 Å². The first-order valence-electron chi connectivity index (χ1n) is 8.40. The van der Waals surface area contributed by atoms with Crippen LogP contribution < -0.4 is 4.74 Å². The minimum Gasteiger partial charge on any atom is -0.496 e. The van der Waals surface area contributed by atoms with Crippen LogP contribution in [0.25, 0.3) is 0 Å². The van der Waals surface area contributed by atoms with Gasteiger partial charge in [0.2, 0.25) is 15.9 Å². The van der Waals surface area contributed by atoms with E-state index < -0.39 is 10.0 Å². The molecule has 2 fully saturated rings. The van der Waals surface area contributed by atoms with Crippen LogP contribution >= 0.6 is 0 Å². The number of amides is 1. The van der Waals surface area contributed by atoms with E-state index in [1.807, 2.05) is 29.2 Å². The van der Waals surface area contributed by atoms with Gasteiger partial charge < -0.3 is 9.64 Å². The molecule has 0 radical (unpaired) electrons. The number of rotatable bonds is 5. The first-order valence-corrected chi connectivity index (χ1v) is 10.0. The number of para-hydroxylation sites is 1. The highest BCUT2D eigenvalue weighted by Crippen LogP contribution is 2.26. The summed E-state index contributed by atoms with van der Waals surface area (Å²) in [5.74, 6) is 0.905. The largest absolute Gasteiger partial charge is 0.496 e. The molecule has 3 rings (SSSR count). The fourth-order valence-corrected chi connectivity index (χ4v) is 5.08. The number of hydrogen-bond donors (Lipinski definition) is 0. The number of methoxy groups -OCH3 is 1. The van der Waals surface area contributed by atoms with Crippen LogP contribution in [-0.2, 0) is 21.2 Å². The van der Waals surface area contributed by atoms with Gasteiger partial charge in [0, 0.05) is 19.1 Å². The summed E-state index contributed by atoms with van der Waals surface area (Å²) in [6.07, 6.45) is 3.25. The van der Waals surface area contributed by atoms with Gasteiger partial charge in [-0.05, 0) is 37.3 Å². The minimum atomic E-state index is -3.23. The van der Waals surface area contributed by atoms with Crippen molar-refractivity contribution >= 4 is 15.9 Å². The third kappa shape index (κ3) is 3.57. The lowest BCUT2D eigenvalue weighted by molar-refractivity contribution is -0.132. The Morgan fingerprint density at radius 3 is 2.75 bits per heavy atom. The molecule has 0 N–H and O–H groups in total. The maximum atomic E-state index is 12.6. The molecule has 2 aliphatic heterocycles. The van der Waals surface area contributed by atoms with Crippen molar-refractivity contribution in [2.75, 3.05) is 32.5 Å². The Kier molecular flexibility index (Phi) is 5.10. The number of sulfonamides is 1. The van der Waals surface area contributed by atoms with E-state index in [1.54, 1.807) is 7.11 Å². The Bertz CT molecular complexity index is 704. The van der Waals surface area contributed by atoms with E-state index in [0.29, 0.717) is 19.5 Å². The van der Waals surface area contributed by atoms with Crippen molar-refractivity contribution in [3.05, 3.63) is 29.8 Å². The van der Waals surface area contributed by atoms with E-state index in [9.17, 15) is 13.2 Å². The first kappa shape index (κ1) is 17.2. The molecular formula is C17H24N2O4S. The molecule has 0 spiro atoms. The summed E-state index contributed by atoms with van der Waals surface area (Å²) in [6.45, 7) is 1.14. The van der Waals surface area contributed by atoms with Crippen molar-refractivity contribution < 1.29 is 17.9 Å². The predicted molar refractivity (Wildman–Crippen MR) is 91.4 cm³/mol. The van der Waals surface area contributed by atoms with Crippen LogP contribution in [-0.4, -0.2) is 62.1 Å². The van der Waals surface area contributed by atoms with Crippen LogP contribution in [0.4, 0.5) is 0 Å². The number of hydrogen-bond acceptors (Lipinski definition) is 4. The smallest absolute Gasteiger partial charge is 0.238 e. The second-order valence-corrected chi connectivity index (χ2v) is 8.49. The van der Waals surface area contributed by atoms with Gasteiger partial charge in [0.25, 0.3) is 0 Å². The predicted octanol–water partition coefficient (Wildman–Crippen LogP) is 1.26. The molecule has 1 aromatic carbocycles. The maximum Gasteiger partial charge on any atom is 0.238 e. The Balaban J connectivity index is 1.68. The second kappa shape index (κ2) is 7.11. The molecule has 2 heterocycles. The van der Waals surface area contributed by atoms with Crippen molar-refractivity contribution in [1.82, 2.24) is 9.21 Å². The SMILES string of the molecule is COc1ccccc1C[C@H]1CCCN1C(=O)CN1CCCS1(=O)=O. The number of carbonyl (C=O) groups is 1. The topological polar surface area (TPSA) is 66.9 Å². The lowest BCUT2D eigenvalue weighted by Gasteiger charge is -2.27. The number of carbonyl (C=O) groups excluding carboxylic acids is 1. The molecule has 24 heavy (non-hydrogen) atoms. The van der Waals surface area contributed by atoms with Crippen molar-refractivity contribution in [2.45, 2.75) is 31.7 Å². The molecule has 0 aromatic heterocycles. The molecule has 0 aliphatic carbocycles. The summed E-state index contributed by atoms with van der Waals surface area (Å²) in [6, 6.07) is 7.95. The zero-order chi connectivity index (χ0) is 17.2. The monoisotopic (exact) mass is 352 g/mol. The van der Waals surface area contributed by atoms with Crippen LogP contribution in [0.2, 0.25) is 0 Å². The molecule has 0 unspecified atom stereocenters. The third-order valence-electron chi connectivity index (χ3n) is 4.86. The normalized spacial score (nSPS) is 23.5. The summed E-state index contributed by atoms with van der Waals surface area (Å²) >= 11 is 0. The van der Waals surface area contributed by atoms with Crippen molar-refractivity contribution in [3.8, 4) is 5.75 Å². The van der Waals surface area contributed by atoms with Crippen LogP contribution in [0.5, 0.6) is 5.75 Å². The molecule has 0 bridgehead atoms. The van der Waals surface area contributed by atoms with Crippen molar-refractivity contribution in [2.24, 2.45) is 0 Å². The summed E-state index contributed by atoms with van der Waals surface area (Å²) in [4.78, 5) is 14.5. The van der Waals surface area contributed by atoms with Crippen LogP contribution in [0.1, 0.15) is 24.8 Å².